The van der Waals surface area contributed by atoms with Crippen LogP contribution in [0.2, 0.25) is 0 Å². The van der Waals surface area contributed by atoms with Crippen LogP contribution in [0.5, 0.6) is 0 Å². The van der Waals surface area contributed by atoms with E-state index in [2.05, 4.69) is 26.2 Å². The SMILES string of the molecule is Cc1nnn(Cc2ccccc2Br)c1C(=O)O. The summed E-state index contributed by atoms with van der Waals surface area (Å²) in [7, 11) is 0. The first-order chi connectivity index (χ1) is 8.09. The Labute approximate surface area is 106 Å². The molecule has 0 radical (unpaired) electrons. The Morgan fingerprint density at radius 1 is 1.47 bits per heavy atom. The molecule has 6 heteroatoms. The molecule has 0 atom stereocenters. The van der Waals surface area contributed by atoms with Crippen molar-refractivity contribution in [1.82, 2.24) is 15.0 Å². The van der Waals surface area contributed by atoms with Gasteiger partial charge in [-0.3, -0.25) is 0 Å². The molecular weight excluding hydrogens is 286 g/mol. The van der Waals surface area contributed by atoms with E-state index in [0.717, 1.165) is 10.0 Å². The zero-order valence-electron chi connectivity index (χ0n) is 9.09. The quantitative estimate of drug-likeness (QED) is 0.941. The second-order valence-electron chi connectivity index (χ2n) is 3.58. The van der Waals surface area contributed by atoms with Crippen LogP contribution < -0.4 is 0 Å². The average molecular weight is 296 g/mol. The minimum Gasteiger partial charge on any atom is -0.476 e. The number of aromatic nitrogens is 3. The second kappa shape index (κ2) is 4.67. The van der Waals surface area contributed by atoms with E-state index in [9.17, 15) is 4.79 Å². The van der Waals surface area contributed by atoms with Crippen LogP contribution in [0.4, 0.5) is 0 Å². The number of carboxylic acid groups (broad SMARTS) is 1. The van der Waals surface area contributed by atoms with Gasteiger partial charge in [-0.05, 0) is 18.6 Å². The minimum absolute atomic E-state index is 0.126. The molecule has 0 bridgehead atoms. The molecule has 2 aromatic rings. The Kier molecular flexibility index (Phi) is 3.23. The fourth-order valence-electron chi connectivity index (χ4n) is 1.56. The highest BCUT2D eigenvalue weighted by molar-refractivity contribution is 9.10. The first kappa shape index (κ1) is 11.8. The van der Waals surface area contributed by atoms with Gasteiger partial charge in [0.05, 0.1) is 12.2 Å². The van der Waals surface area contributed by atoms with Crippen LogP contribution in [0.15, 0.2) is 28.7 Å². The summed E-state index contributed by atoms with van der Waals surface area (Å²) in [6.45, 7) is 2.01. The molecule has 1 heterocycles. The van der Waals surface area contributed by atoms with Gasteiger partial charge in [-0.2, -0.15) is 0 Å². The van der Waals surface area contributed by atoms with Gasteiger partial charge in [0.2, 0.25) is 0 Å². The molecule has 0 aliphatic carbocycles. The van der Waals surface area contributed by atoms with Crippen molar-refractivity contribution >= 4 is 21.9 Å². The van der Waals surface area contributed by atoms with Crippen molar-refractivity contribution in [3.05, 3.63) is 45.7 Å². The van der Waals surface area contributed by atoms with Crippen LogP contribution in [0, 0.1) is 6.92 Å². The summed E-state index contributed by atoms with van der Waals surface area (Å²) < 4.78 is 2.31. The van der Waals surface area contributed by atoms with Crippen molar-refractivity contribution in [2.45, 2.75) is 13.5 Å². The van der Waals surface area contributed by atoms with E-state index in [0.29, 0.717) is 12.2 Å². The maximum Gasteiger partial charge on any atom is 0.356 e. The molecule has 5 nitrogen and oxygen atoms in total. The smallest absolute Gasteiger partial charge is 0.356 e. The Hall–Kier alpha value is -1.69. The lowest BCUT2D eigenvalue weighted by atomic mass is 10.2. The molecule has 0 fully saturated rings. The van der Waals surface area contributed by atoms with Crippen molar-refractivity contribution in [2.24, 2.45) is 0 Å². The van der Waals surface area contributed by atoms with E-state index in [1.54, 1.807) is 6.92 Å². The highest BCUT2D eigenvalue weighted by Crippen LogP contribution is 2.17. The van der Waals surface area contributed by atoms with Gasteiger partial charge in [-0.1, -0.05) is 39.3 Å². The van der Waals surface area contributed by atoms with Crippen molar-refractivity contribution in [2.75, 3.05) is 0 Å². The third-order valence-electron chi connectivity index (χ3n) is 2.38. The monoisotopic (exact) mass is 295 g/mol. The molecule has 0 aliphatic rings. The summed E-state index contributed by atoms with van der Waals surface area (Å²) in [4.78, 5) is 11.1. The van der Waals surface area contributed by atoms with Crippen LogP contribution in [-0.4, -0.2) is 26.1 Å². The van der Waals surface area contributed by atoms with Gasteiger partial charge in [0.25, 0.3) is 0 Å². The molecule has 0 amide bonds. The Morgan fingerprint density at radius 2 is 2.18 bits per heavy atom. The molecule has 1 aromatic carbocycles. The maximum absolute atomic E-state index is 11.1. The number of hydrogen-bond donors (Lipinski definition) is 1. The Balaban J connectivity index is 2.37. The lowest BCUT2D eigenvalue weighted by molar-refractivity contribution is 0.0683. The van der Waals surface area contributed by atoms with E-state index < -0.39 is 5.97 Å². The van der Waals surface area contributed by atoms with Crippen molar-refractivity contribution < 1.29 is 9.90 Å². The van der Waals surface area contributed by atoms with E-state index in [1.807, 2.05) is 24.3 Å². The number of carbonyl (C=O) groups is 1. The first-order valence-electron chi connectivity index (χ1n) is 4.96. The second-order valence-corrected chi connectivity index (χ2v) is 4.43. The lowest BCUT2D eigenvalue weighted by Crippen LogP contribution is -2.12. The third kappa shape index (κ3) is 2.36. The standard InChI is InChI=1S/C11H10BrN3O2/c1-7-10(11(16)17)15(14-13-7)6-8-4-2-3-5-9(8)12/h2-5H,6H2,1H3,(H,16,17). The number of benzene rings is 1. The van der Waals surface area contributed by atoms with Crippen LogP contribution in [-0.2, 0) is 6.54 Å². The third-order valence-corrected chi connectivity index (χ3v) is 3.16. The number of rotatable bonds is 3. The van der Waals surface area contributed by atoms with Gasteiger partial charge >= 0.3 is 5.97 Å². The fourth-order valence-corrected chi connectivity index (χ4v) is 1.97. The molecular formula is C11H10BrN3O2. The molecule has 2 rings (SSSR count). The number of aromatic carboxylic acids is 1. The molecule has 1 N–H and O–H groups in total. The summed E-state index contributed by atoms with van der Waals surface area (Å²) in [6, 6.07) is 7.61. The number of hydrogen-bond acceptors (Lipinski definition) is 3. The number of halogens is 1. The topological polar surface area (TPSA) is 68.0 Å². The number of aryl methyl sites for hydroxylation is 1. The zero-order valence-corrected chi connectivity index (χ0v) is 10.7. The average Bonchev–Trinajstić information content (AvgIpc) is 2.63. The molecule has 0 aliphatic heterocycles. The van der Waals surface area contributed by atoms with E-state index in [-0.39, 0.29) is 5.69 Å². The molecule has 0 saturated heterocycles. The van der Waals surface area contributed by atoms with Crippen LogP contribution in [0.1, 0.15) is 21.7 Å². The maximum atomic E-state index is 11.1. The van der Waals surface area contributed by atoms with Crippen molar-refractivity contribution in [1.29, 1.82) is 0 Å². The summed E-state index contributed by atoms with van der Waals surface area (Å²) in [5, 5.41) is 16.7. The first-order valence-corrected chi connectivity index (χ1v) is 5.75. The van der Waals surface area contributed by atoms with E-state index in [1.165, 1.54) is 4.68 Å². The van der Waals surface area contributed by atoms with Gasteiger partial charge in [0.15, 0.2) is 5.69 Å². The molecule has 17 heavy (non-hydrogen) atoms. The van der Waals surface area contributed by atoms with Crippen molar-refractivity contribution in [3.63, 3.8) is 0 Å². The summed E-state index contributed by atoms with van der Waals surface area (Å²) in [6.07, 6.45) is 0. The zero-order chi connectivity index (χ0) is 12.4. The number of nitrogens with zero attached hydrogens (tertiary/aromatic N) is 3. The molecule has 88 valence electrons. The number of carboxylic acids is 1. The van der Waals surface area contributed by atoms with Gasteiger partial charge in [-0.15, -0.1) is 5.10 Å². The van der Waals surface area contributed by atoms with Crippen LogP contribution in [0.3, 0.4) is 0 Å². The predicted molar refractivity (Wildman–Crippen MR) is 65.0 cm³/mol. The summed E-state index contributed by atoms with van der Waals surface area (Å²) in [5.41, 5.74) is 1.50. The van der Waals surface area contributed by atoms with Crippen LogP contribution in [0.25, 0.3) is 0 Å². The highest BCUT2D eigenvalue weighted by atomic mass is 79.9. The lowest BCUT2D eigenvalue weighted by Gasteiger charge is -2.05. The van der Waals surface area contributed by atoms with Gasteiger partial charge in [-0.25, -0.2) is 9.48 Å². The Bertz CT molecular complexity index is 566. The largest absolute Gasteiger partial charge is 0.476 e. The van der Waals surface area contributed by atoms with E-state index >= 15 is 0 Å². The Morgan fingerprint density at radius 3 is 2.82 bits per heavy atom. The molecule has 1 aromatic heterocycles. The minimum atomic E-state index is -1.01. The van der Waals surface area contributed by atoms with Crippen molar-refractivity contribution in [3.8, 4) is 0 Å². The molecule has 0 saturated carbocycles. The fraction of sp³-hybridized carbons (Fsp3) is 0.182. The van der Waals surface area contributed by atoms with Gasteiger partial charge < -0.3 is 5.11 Å². The summed E-state index contributed by atoms with van der Waals surface area (Å²) in [5.74, 6) is -1.01. The molecule has 0 spiro atoms. The highest BCUT2D eigenvalue weighted by Gasteiger charge is 2.16. The van der Waals surface area contributed by atoms with E-state index in [4.69, 9.17) is 5.11 Å². The summed E-state index contributed by atoms with van der Waals surface area (Å²) >= 11 is 3.41. The predicted octanol–water partition coefficient (Wildman–Crippen LogP) is 2.10. The van der Waals surface area contributed by atoms with Gasteiger partial charge in [0.1, 0.15) is 0 Å². The molecule has 0 unspecified atom stereocenters. The van der Waals surface area contributed by atoms with Crippen LogP contribution >= 0.6 is 15.9 Å². The van der Waals surface area contributed by atoms with Gasteiger partial charge in [0, 0.05) is 4.47 Å². The normalized spacial score (nSPS) is 10.5.